The number of aryl methyl sites for hydroxylation is 2. The van der Waals surface area contributed by atoms with Gasteiger partial charge in [-0.25, -0.2) is 9.78 Å². The first-order valence-electron chi connectivity index (χ1n) is 7.89. The summed E-state index contributed by atoms with van der Waals surface area (Å²) in [4.78, 5) is 35.0. The first-order chi connectivity index (χ1) is 12.0. The summed E-state index contributed by atoms with van der Waals surface area (Å²) in [6.07, 6.45) is 1.55. The van der Waals surface area contributed by atoms with E-state index in [0.717, 1.165) is 16.5 Å². The Morgan fingerprint density at radius 2 is 2.08 bits per heavy atom. The van der Waals surface area contributed by atoms with Crippen LogP contribution in [0, 0.1) is 13.8 Å². The summed E-state index contributed by atoms with van der Waals surface area (Å²) in [5.41, 5.74) is 2.78. The molecule has 3 heterocycles. The molecule has 0 spiro atoms. The first kappa shape index (κ1) is 15.7. The largest absolute Gasteiger partial charge is 0.462 e. The minimum atomic E-state index is -0.433. The van der Waals surface area contributed by atoms with Crippen molar-refractivity contribution in [1.82, 2.24) is 14.4 Å². The van der Waals surface area contributed by atoms with Gasteiger partial charge in [0, 0.05) is 11.6 Å². The Balaban J connectivity index is 2.13. The normalized spacial score (nSPS) is 11.5. The lowest BCUT2D eigenvalue weighted by molar-refractivity contribution is 0.0531. The zero-order valence-corrected chi connectivity index (χ0v) is 14.8. The average Bonchev–Trinajstić information content (AvgIpc) is 2.92. The van der Waals surface area contributed by atoms with E-state index in [1.807, 2.05) is 25.1 Å². The molecule has 0 radical (unpaired) electrons. The number of thiazole rings is 1. The number of aromatic nitrogens is 3. The van der Waals surface area contributed by atoms with Crippen molar-refractivity contribution in [2.45, 2.75) is 20.8 Å². The molecular weight excluding hydrogens is 338 g/mol. The van der Waals surface area contributed by atoms with Gasteiger partial charge in [0.25, 0.3) is 5.56 Å². The van der Waals surface area contributed by atoms with Gasteiger partial charge in [0.2, 0.25) is 0 Å². The van der Waals surface area contributed by atoms with Crippen molar-refractivity contribution >= 4 is 44.1 Å². The SMILES string of the molecule is CCOC(=O)c1sc2nc3c(cnc4ccc(C)cc43)c(=O)n2c1C. The number of fused-ring (bicyclic) bond motifs is 4. The van der Waals surface area contributed by atoms with Gasteiger partial charge in [0.15, 0.2) is 4.96 Å². The molecule has 0 N–H and O–H groups in total. The molecule has 1 aromatic carbocycles. The fourth-order valence-electron chi connectivity index (χ4n) is 2.94. The van der Waals surface area contributed by atoms with Crippen LogP contribution >= 0.6 is 11.3 Å². The number of hydrogen-bond acceptors (Lipinski definition) is 6. The van der Waals surface area contributed by atoms with Crippen molar-refractivity contribution in [3.8, 4) is 0 Å². The Kier molecular flexibility index (Phi) is 3.54. The molecule has 0 saturated heterocycles. The van der Waals surface area contributed by atoms with Crippen LogP contribution < -0.4 is 5.56 Å². The highest BCUT2D eigenvalue weighted by atomic mass is 32.1. The number of pyridine rings is 1. The molecule has 6 nitrogen and oxygen atoms in total. The molecule has 0 amide bonds. The maximum atomic E-state index is 13.0. The third-order valence-corrected chi connectivity index (χ3v) is 5.27. The Hall–Kier alpha value is -2.80. The van der Waals surface area contributed by atoms with Crippen LogP contribution in [0.25, 0.3) is 26.8 Å². The summed E-state index contributed by atoms with van der Waals surface area (Å²) in [6, 6.07) is 5.86. The van der Waals surface area contributed by atoms with Gasteiger partial charge in [-0.3, -0.25) is 14.2 Å². The third kappa shape index (κ3) is 2.31. The third-order valence-electron chi connectivity index (χ3n) is 4.15. The lowest BCUT2D eigenvalue weighted by Crippen LogP contribution is -2.16. The molecular formula is C18H15N3O3S. The molecule has 0 saturated carbocycles. The first-order valence-corrected chi connectivity index (χ1v) is 8.71. The van der Waals surface area contributed by atoms with E-state index in [1.165, 1.54) is 15.7 Å². The van der Waals surface area contributed by atoms with Crippen LogP contribution in [0.1, 0.15) is 27.9 Å². The molecule has 0 fully saturated rings. The van der Waals surface area contributed by atoms with Crippen LogP contribution in [0.4, 0.5) is 0 Å². The Labute approximate surface area is 146 Å². The van der Waals surface area contributed by atoms with Crippen LogP contribution in [-0.2, 0) is 4.74 Å². The predicted molar refractivity (Wildman–Crippen MR) is 97.6 cm³/mol. The smallest absolute Gasteiger partial charge is 0.350 e. The number of nitrogens with zero attached hydrogens (tertiary/aromatic N) is 3. The van der Waals surface area contributed by atoms with Gasteiger partial charge in [-0.15, -0.1) is 0 Å². The van der Waals surface area contributed by atoms with Crippen LogP contribution in [0.3, 0.4) is 0 Å². The molecule has 4 aromatic rings. The maximum Gasteiger partial charge on any atom is 0.350 e. The Bertz CT molecular complexity index is 1220. The summed E-state index contributed by atoms with van der Waals surface area (Å²) < 4.78 is 6.54. The van der Waals surface area contributed by atoms with Crippen molar-refractivity contribution in [3.05, 3.63) is 50.9 Å². The molecule has 0 aliphatic heterocycles. The number of esters is 1. The van der Waals surface area contributed by atoms with E-state index in [9.17, 15) is 9.59 Å². The number of ether oxygens (including phenoxy) is 1. The predicted octanol–water partition coefficient (Wildman–Crippen LogP) is 3.25. The number of benzene rings is 1. The van der Waals surface area contributed by atoms with E-state index in [1.54, 1.807) is 20.0 Å². The van der Waals surface area contributed by atoms with Gasteiger partial charge in [0.1, 0.15) is 4.88 Å². The van der Waals surface area contributed by atoms with Crippen LogP contribution in [0.15, 0.2) is 29.2 Å². The monoisotopic (exact) mass is 353 g/mol. The average molecular weight is 353 g/mol. The van der Waals surface area contributed by atoms with Crippen LogP contribution in [0.5, 0.6) is 0 Å². The maximum absolute atomic E-state index is 13.0. The highest BCUT2D eigenvalue weighted by molar-refractivity contribution is 7.19. The Morgan fingerprint density at radius 3 is 2.84 bits per heavy atom. The number of rotatable bonds is 2. The van der Waals surface area contributed by atoms with Crippen molar-refractivity contribution in [2.24, 2.45) is 0 Å². The van der Waals surface area contributed by atoms with E-state index in [0.29, 0.717) is 26.4 Å². The van der Waals surface area contributed by atoms with Gasteiger partial charge in [-0.1, -0.05) is 23.0 Å². The summed E-state index contributed by atoms with van der Waals surface area (Å²) in [5.74, 6) is -0.433. The van der Waals surface area contributed by atoms with Gasteiger partial charge < -0.3 is 4.74 Å². The lowest BCUT2D eigenvalue weighted by Gasteiger charge is -2.04. The van der Waals surface area contributed by atoms with E-state index < -0.39 is 5.97 Å². The second-order valence-corrected chi connectivity index (χ2v) is 6.79. The van der Waals surface area contributed by atoms with Crippen molar-refractivity contribution in [2.75, 3.05) is 6.61 Å². The van der Waals surface area contributed by atoms with Crippen molar-refractivity contribution < 1.29 is 9.53 Å². The summed E-state index contributed by atoms with van der Waals surface area (Å²) in [5, 5.41) is 1.27. The zero-order chi connectivity index (χ0) is 17.7. The Morgan fingerprint density at radius 1 is 1.28 bits per heavy atom. The van der Waals surface area contributed by atoms with E-state index >= 15 is 0 Å². The molecule has 0 atom stereocenters. The lowest BCUT2D eigenvalue weighted by atomic mass is 10.1. The molecule has 3 aromatic heterocycles. The van der Waals surface area contributed by atoms with Gasteiger partial charge in [-0.05, 0) is 32.9 Å². The van der Waals surface area contributed by atoms with Crippen molar-refractivity contribution in [1.29, 1.82) is 0 Å². The zero-order valence-electron chi connectivity index (χ0n) is 14.0. The number of carbonyl (C=O) groups excluding carboxylic acids is 1. The van der Waals surface area contributed by atoms with Crippen LogP contribution in [-0.4, -0.2) is 26.9 Å². The van der Waals surface area contributed by atoms with E-state index in [4.69, 9.17) is 4.74 Å². The topological polar surface area (TPSA) is 73.6 Å². The molecule has 0 unspecified atom stereocenters. The number of carbonyl (C=O) groups is 1. The van der Waals surface area contributed by atoms with E-state index in [2.05, 4.69) is 9.97 Å². The molecule has 0 aliphatic carbocycles. The molecule has 4 rings (SSSR count). The summed E-state index contributed by atoms with van der Waals surface area (Å²) >= 11 is 1.17. The minimum Gasteiger partial charge on any atom is -0.462 e. The standard InChI is InChI=1S/C18H15N3O3S/c1-4-24-17(23)15-10(3)21-16(22)12-8-19-13-6-5-9(2)7-11(13)14(12)20-18(21)25-15/h5-8H,4H2,1-3H3. The fraction of sp³-hybridized carbons (Fsp3) is 0.222. The number of hydrogen-bond donors (Lipinski definition) is 0. The van der Waals surface area contributed by atoms with Crippen LogP contribution in [0.2, 0.25) is 0 Å². The molecule has 7 heteroatoms. The highest BCUT2D eigenvalue weighted by Gasteiger charge is 2.20. The van der Waals surface area contributed by atoms with Gasteiger partial charge in [-0.2, -0.15) is 0 Å². The minimum absolute atomic E-state index is 0.222. The summed E-state index contributed by atoms with van der Waals surface area (Å²) in [6.45, 7) is 5.74. The molecule has 25 heavy (non-hydrogen) atoms. The van der Waals surface area contributed by atoms with Crippen molar-refractivity contribution in [3.63, 3.8) is 0 Å². The highest BCUT2D eigenvalue weighted by Crippen LogP contribution is 2.26. The molecule has 0 aliphatic rings. The molecule has 126 valence electrons. The second-order valence-electron chi connectivity index (χ2n) is 5.81. The van der Waals surface area contributed by atoms with Gasteiger partial charge in [0.05, 0.1) is 28.7 Å². The quantitative estimate of drug-likeness (QED) is 0.408. The van der Waals surface area contributed by atoms with Gasteiger partial charge >= 0.3 is 5.97 Å². The fourth-order valence-corrected chi connectivity index (χ4v) is 3.95. The second kappa shape index (κ2) is 5.63. The molecule has 0 bridgehead atoms. The summed E-state index contributed by atoms with van der Waals surface area (Å²) in [7, 11) is 0. The van der Waals surface area contributed by atoms with E-state index in [-0.39, 0.29) is 12.2 Å².